The molecular formula is C23H30O6. The van der Waals surface area contributed by atoms with Crippen LogP contribution in [0, 0.1) is 0 Å². The lowest BCUT2D eigenvalue weighted by atomic mass is 10.2. The number of carboxylic acid groups (broad SMARTS) is 3. The van der Waals surface area contributed by atoms with E-state index in [0.717, 1.165) is 6.08 Å². The molecule has 0 radical (unpaired) electrons. The maximum Gasteiger partial charge on any atom is 0.330 e. The number of benzene rings is 1. The van der Waals surface area contributed by atoms with Crippen molar-refractivity contribution >= 4 is 24.0 Å². The van der Waals surface area contributed by atoms with Crippen molar-refractivity contribution in [3.05, 3.63) is 105 Å². The van der Waals surface area contributed by atoms with E-state index < -0.39 is 17.9 Å². The van der Waals surface area contributed by atoms with Crippen LogP contribution in [-0.2, 0) is 14.4 Å². The molecule has 0 bridgehead atoms. The molecule has 0 aliphatic carbocycles. The number of hydrogen-bond donors (Lipinski definition) is 3. The van der Waals surface area contributed by atoms with Crippen LogP contribution in [-0.4, -0.2) is 33.2 Å². The summed E-state index contributed by atoms with van der Waals surface area (Å²) in [6.07, 6.45) is 5.94. The molecule has 0 aliphatic heterocycles. The lowest BCUT2D eigenvalue weighted by molar-refractivity contribution is -0.133. The van der Waals surface area contributed by atoms with E-state index in [1.165, 1.54) is 19.4 Å². The van der Waals surface area contributed by atoms with E-state index in [4.69, 9.17) is 15.3 Å². The van der Waals surface area contributed by atoms with Crippen molar-refractivity contribution in [2.75, 3.05) is 0 Å². The van der Waals surface area contributed by atoms with Crippen LogP contribution in [0.1, 0.15) is 19.4 Å². The van der Waals surface area contributed by atoms with Crippen LogP contribution in [0.3, 0.4) is 0 Å². The molecule has 3 N–H and O–H groups in total. The second-order valence-corrected chi connectivity index (χ2v) is 4.80. The molecule has 0 fully saturated rings. The van der Waals surface area contributed by atoms with Crippen molar-refractivity contribution in [2.45, 2.75) is 13.8 Å². The first-order valence-electron chi connectivity index (χ1n) is 7.94. The van der Waals surface area contributed by atoms with Crippen molar-refractivity contribution < 1.29 is 29.7 Å². The van der Waals surface area contributed by atoms with E-state index in [1.54, 1.807) is 12.2 Å². The van der Waals surface area contributed by atoms with Crippen LogP contribution in [0.5, 0.6) is 0 Å². The number of rotatable bonds is 5. The van der Waals surface area contributed by atoms with E-state index in [2.05, 4.69) is 39.5 Å². The van der Waals surface area contributed by atoms with Crippen molar-refractivity contribution in [3.63, 3.8) is 0 Å². The molecule has 0 saturated carbocycles. The zero-order valence-electron chi connectivity index (χ0n) is 17.0. The van der Waals surface area contributed by atoms with Gasteiger partial charge in [-0.1, -0.05) is 88.0 Å². The fourth-order valence-corrected chi connectivity index (χ4v) is 0.589. The normalized spacial score (nSPS) is 7.24. The van der Waals surface area contributed by atoms with Crippen LogP contribution < -0.4 is 0 Å². The maximum absolute atomic E-state index is 9.60. The van der Waals surface area contributed by atoms with Gasteiger partial charge in [0.1, 0.15) is 0 Å². The summed E-state index contributed by atoms with van der Waals surface area (Å²) >= 11 is 0. The van der Waals surface area contributed by atoms with Crippen LogP contribution in [0.25, 0.3) is 6.08 Å². The van der Waals surface area contributed by atoms with Crippen molar-refractivity contribution in [1.29, 1.82) is 0 Å². The molecule has 0 spiro atoms. The molecular weight excluding hydrogens is 372 g/mol. The minimum atomic E-state index is -0.981. The Morgan fingerprint density at radius 3 is 1.14 bits per heavy atom. The predicted octanol–water partition coefficient (Wildman–Crippen LogP) is 5.24. The highest BCUT2D eigenvalue weighted by molar-refractivity contribution is 5.85. The Hall–Kier alpha value is -3.93. The van der Waals surface area contributed by atoms with Gasteiger partial charge in [0.15, 0.2) is 0 Å². The lowest BCUT2D eigenvalue weighted by Crippen LogP contribution is -1.92. The van der Waals surface area contributed by atoms with Crippen molar-refractivity contribution in [2.24, 2.45) is 0 Å². The third-order valence-corrected chi connectivity index (χ3v) is 2.11. The molecule has 0 saturated heterocycles. The number of aliphatic carboxylic acids is 3. The minimum absolute atomic E-state index is 0.176. The summed E-state index contributed by atoms with van der Waals surface area (Å²) in [5, 5.41) is 23.4. The highest BCUT2D eigenvalue weighted by Crippen LogP contribution is 1.97. The third kappa shape index (κ3) is 40.2. The molecule has 0 atom stereocenters. The Balaban J connectivity index is -0.000000138. The van der Waals surface area contributed by atoms with E-state index in [1.807, 2.05) is 36.4 Å². The van der Waals surface area contributed by atoms with Gasteiger partial charge in [0, 0.05) is 17.2 Å². The lowest BCUT2D eigenvalue weighted by Gasteiger charge is -1.85. The van der Waals surface area contributed by atoms with Gasteiger partial charge in [0.2, 0.25) is 0 Å². The molecule has 0 amide bonds. The monoisotopic (exact) mass is 402 g/mol. The summed E-state index contributed by atoms with van der Waals surface area (Å²) in [6.45, 7) is 22.5. The van der Waals surface area contributed by atoms with Gasteiger partial charge < -0.3 is 15.3 Å². The van der Waals surface area contributed by atoms with Crippen LogP contribution in [0.2, 0.25) is 0 Å². The smallest absolute Gasteiger partial charge is 0.330 e. The van der Waals surface area contributed by atoms with Crippen LogP contribution in [0.4, 0.5) is 0 Å². The quantitative estimate of drug-likeness (QED) is 0.459. The molecule has 6 nitrogen and oxygen atoms in total. The molecule has 1 rings (SSSR count). The molecule has 6 heteroatoms. The Morgan fingerprint density at radius 2 is 1.03 bits per heavy atom. The molecule has 158 valence electrons. The van der Waals surface area contributed by atoms with E-state index in [9.17, 15) is 14.4 Å². The summed E-state index contributed by atoms with van der Waals surface area (Å²) in [7, 11) is 0. The SMILES string of the molecule is C=C(C)C(=O)O.C=C(C)C(=O)O.C=CC(=O)O.C=CC=C.C=Cc1ccccc1. The van der Waals surface area contributed by atoms with Gasteiger partial charge in [-0.2, -0.15) is 0 Å². The number of carbonyl (C=O) groups is 3. The first-order chi connectivity index (χ1) is 13.4. The summed E-state index contributed by atoms with van der Waals surface area (Å²) in [5.41, 5.74) is 1.53. The molecule has 0 heterocycles. The summed E-state index contributed by atoms with van der Waals surface area (Å²) in [4.78, 5) is 28.4. The molecule has 0 unspecified atom stereocenters. The average Bonchev–Trinajstić information content (AvgIpc) is 2.69. The van der Waals surface area contributed by atoms with Gasteiger partial charge in [0.05, 0.1) is 0 Å². The Kier molecular flexibility index (Phi) is 27.2. The number of allylic oxidation sites excluding steroid dienone is 2. The second-order valence-electron chi connectivity index (χ2n) is 4.80. The summed E-state index contributed by atoms with van der Waals surface area (Å²) in [5.74, 6) is -2.85. The standard InChI is InChI=1S/C8H8.2C4H6O2.C4H6.C3H4O2/c1-2-8-6-4-3-5-7-8;2*1-3(2)4(5)6;1-3-4-2;1-2-3(4)5/h2-7H,1H2;2*1H2,2H3,(H,5,6);3-4H,1-2H2;2H,1H2,(H,4,5). The predicted molar refractivity (Wildman–Crippen MR) is 120 cm³/mol. The summed E-state index contributed by atoms with van der Waals surface area (Å²) in [6, 6.07) is 10.0. The Bertz CT molecular complexity index is 631. The zero-order valence-corrected chi connectivity index (χ0v) is 17.0. The Morgan fingerprint density at radius 1 is 0.759 bits per heavy atom. The van der Waals surface area contributed by atoms with Gasteiger partial charge in [-0.15, -0.1) is 0 Å². The van der Waals surface area contributed by atoms with E-state index in [-0.39, 0.29) is 11.1 Å². The minimum Gasteiger partial charge on any atom is -0.478 e. The average molecular weight is 402 g/mol. The maximum atomic E-state index is 9.60. The second kappa shape index (κ2) is 24.1. The topological polar surface area (TPSA) is 112 Å². The molecule has 29 heavy (non-hydrogen) atoms. The molecule has 1 aromatic carbocycles. The fourth-order valence-electron chi connectivity index (χ4n) is 0.589. The third-order valence-electron chi connectivity index (χ3n) is 2.11. The first-order valence-corrected chi connectivity index (χ1v) is 7.94. The van der Waals surface area contributed by atoms with Crippen LogP contribution >= 0.6 is 0 Å². The molecule has 0 aliphatic rings. The number of hydrogen-bond acceptors (Lipinski definition) is 3. The van der Waals surface area contributed by atoms with Gasteiger partial charge in [0.25, 0.3) is 0 Å². The van der Waals surface area contributed by atoms with E-state index >= 15 is 0 Å². The molecule has 1 aromatic rings. The largest absolute Gasteiger partial charge is 0.478 e. The highest BCUT2D eigenvalue weighted by atomic mass is 16.4. The van der Waals surface area contributed by atoms with Gasteiger partial charge in [-0.25, -0.2) is 14.4 Å². The van der Waals surface area contributed by atoms with Gasteiger partial charge in [-0.3, -0.25) is 0 Å². The first kappa shape index (κ1) is 32.7. The van der Waals surface area contributed by atoms with Crippen molar-refractivity contribution in [1.82, 2.24) is 0 Å². The fraction of sp³-hybridized carbons (Fsp3) is 0.0870. The van der Waals surface area contributed by atoms with Crippen LogP contribution in [0.15, 0.2) is 99.2 Å². The zero-order chi connectivity index (χ0) is 23.8. The number of carboxylic acids is 3. The van der Waals surface area contributed by atoms with Gasteiger partial charge >= 0.3 is 17.9 Å². The van der Waals surface area contributed by atoms with Crippen molar-refractivity contribution in [3.8, 4) is 0 Å². The highest BCUT2D eigenvalue weighted by Gasteiger charge is 1.90. The van der Waals surface area contributed by atoms with E-state index in [0.29, 0.717) is 0 Å². The summed E-state index contributed by atoms with van der Waals surface area (Å²) < 4.78 is 0. The Labute approximate surface area is 172 Å². The van der Waals surface area contributed by atoms with Gasteiger partial charge in [-0.05, 0) is 19.4 Å². The molecule has 0 aromatic heterocycles.